The lowest BCUT2D eigenvalue weighted by molar-refractivity contribution is -0.137. The van der Waals surface area contributed by atoms with Gasteiger partial charge in [0.1, 0.15) is 0 Å². The first kappa shape index (κ1) is 18.7. The van der Waals surface area contributed by atoms with Gasteiger partial charge >= 0.3 is 0 Å². The van der Waals surface area contributed by atoms with Gasteiger partial charge in [0, 0.05) is 39.3 Å². The van der Waals surface area contributed by atoms with Crippen LogP contribution < -0.4 is 5.73 Å². The van der Waals surface area contributed by atoms with E-state index in [1.165, 1.54) is 6.42 Å². The maximum Gasteiger partial charge on any atom is 0.222 e. The van der Waals surface area contributed by atoms with Gasteiger partial charge in [-0.05, 0) is 38.5 Å². The van der Waals surface area contributed by atoms with Crippen LogP contribution in [0, 0.1) is 0 Å². The van der Waals surface area contributed by atoms with Crippen LogP contribution in [0.5, 0.6) is 0 Å². The monoisotopic (exact) mass is 320 g/mol. The Morgan fingerprint density at radius 1 is 1.38 bits per heavy atom. The molecule has 0 saturated carbocycles. The number of carbonyl (C=O) groups is 1. The predicted octanol–water partition coefficient (Wildman–Crippen LogP) is 1.72. The Hall–Kier alpha value is -0.360. The molecule has 0 aromatic carbocycles. The highest BCUT2D eigenvalue weighted by Gasteiger charge is 2.30. The number of methoxy groups -OCH3 is 1. The summed E-state index contributed by atoms with van der Waals surface area (Å²) < 4.78 is 11.1. The van der Waals surface area contributed by atoms with Gasteiger partial charge in [0.15, 0.2) is 0 Å². The normalized spacial score (nSPS) is 29.8. The minimum Gasteiger partial charge on any atom is -0.381 e. The lowest BCUT2D eigenvalue weighted by atomic mass is 9.98. The molecule has 0 aliphatic carbocycles. The van der Waals surface area contributed by atoms with E-state index in [1.807, 2.05) is 4.90 Å². The molecular weight excluding hydrogens is 292 g/mol. The lowest BCUT2D eigenvalue weighted by Crippen LogP contribution is -2.51. The van der Waals surface area contributed by atoms with Crippen molar-refractivity contribution in [2.45, 2.75) is 63.2 Å². The maximum absolute atomic E-state index is 12.4. The number of ether oxygens (including phenoxy) is 2. The summed E-state index contributed by atoms with van der Waals surface area (Å²) in [6.07, 6.45) is 7.21. The van der Waals surface area contributed by atoms with Gasteiger partial charge in [-0.3, -0.25) is 4.79 Å². The van der Waals surface area contributed by atoms with Gasteiger partial charge in [-0.15, -0.1) is 12.4 Å². The number of nitrogens with two attached hydrogens (primary N) is 1. The average molecular weight is 321 g/mol. The van der Waals surface area contributed by atoms with Gasteiger partial charge in [-0.1, -0.05) is 0 Å². The maximum atomic E-state index is 12.4. The van der Waals surface area contributed by atoms with Crippen LogP contribution in [0.25, 0.3) is 0 Å². The number of halogens is 1. The van der Waals surface area contributed by atoms with Crippen molar-refractivity contribution in [3.63, 3.8) is 0 Å². The topological polar surface area (TPSA) is 64.8 Å². The van der Waals surface area contributed by atoms with E-state index in [9.17, 15) is 4.79 Å². The summed E-state index contributed by atoms with van der Waals surface area (Å²) in [4.78, 5) is 14.3. The number of likely N-dealkylation sites (tertiary alicyclic amines) is 1. The molecule has 3 atom stereocenters. The van der Waals surface area contributed by atoms with Gasteiger partial charge in [-0.2, -0.15) is 0 Å². The summed E-state index contributed by atoms with van der Waals surface area (Å²) in [5.74, 6) is 0.226. The first-order valence-corrected chi connectivity index (χ1v) is 7.88. The van der Waals surface area contributed by atoms with Crippen molar-refractivity contribution >= 4 is 18.3 Å². The van der Waals surface area contributed by atoms with Crippen LogP contribution in [-0.4, -0.2) is 55.9 Å². The third kappa shape index (κ3) is 5.40. The summed E-state index contributed by atoms with van der Waals surface area (Å²) >= 11 is 0. The van der Waals surface area contributed by atoms with Crippen molar-refractivity contribution in [2.75, 3.05) is 26.8 Å². The Bertz CT molecular complexity index is 311. The summed E-state index contributed by atoms with van der Waals surface area (Å²) in [5, 5.41) is 0. The van der Waals surface area contributed by atoms with E-state index in [4.69, 9.17) is 15.2 Å². The van der Waals surface area contributed by atoms with Gasteiger partial charge in [0.05, 0.1) is 12.2 Å². The number of rotatable bonds is 5. The second-order valence-corrected chi connectivity index (χ2v) is 5.89. The Kier molecular flexibility index (Phi) is 8.56. The SMILES string of the molecule is COC1CCN(C(=O)CCC2CCCCO2)C(CN)C1.Cl. The second kappa shape index (κ2) is 9.62. The van der Waals surface area contributed by atoms with Crippen LogP contribution in [0.1, 0.15) is 44.9 Å². The zero-order chi connectivity index (χ0) is 14.4. The first-order chi connectivity index (χ1) is 9.74. The molecule has 2 aliphatic rings. The highest BCUT2D eigenvalue weighted by Crippen LogP contribution is 2.22. The summed E-state index contributed by atoms with van der Waals surface area (Å²) in [6, 6.07) is 0.133. The molecule has 0 bridgehead atoms. The number of piperidine rings is 1. The molecule has 6 heteroatoms. The first-order valence-electron chi connectivity index (χ1n) is 7.88. The molecule has 2 N–H and O–H groups in total. The van der Waals surface area contributed by atoms with E-state index in [0.29, 0.717) is 13.0 Å². The third-order valence-electron chi connectivity index (χ3n) is 4.55. The summed E-state index contributed by atoms with van der Waals surface area (Å²) in [5.41, 5.74) is 5.81. The zero-order valence-corrected chi connectivity index (χ0v) is 13.8. The van der Waals surface area contributed by atoms with E-state index in [-0.39, 0.29) is 36.6 Å². The smallest absolute Gasteiger partial charge is 0.222 e. The molecule has 0 aromatic heterocycles. The van der Waals surface area contributed by atoms with E-state index in [1.54, 1.807) is 7.11 Å². The van der Waals surface area contributed by atoms with Crippen LogP contribution in [0.3, 0.4) is 0 Å². The molecule has 3 unspecified atom stereocenters. The van der Waals surface area contributed by atoms with Gasteiger partial charge < -0.3 is 20.1 Å². The minimum absolute atomic E-state index is 0. The zero-order valence-electron chi connectivity index (χ0n) is 13.0. The molecule has 2 aliphatic heterocycles. The summed E-state index contributed by atoms with van der Waals surface area (Å²) in [7, 11) is 1.73. The Morgan fingerprint density at radius 3 is 2.81 bits per heavy atom. The molecule has 2 fully saturated rings. The van der Waals surface area contributed by atoms with Crippen molar-refractivity contribution in [3.05, 3.63) is 0 Å². The van der Waals surface area contributed by atoms with Gasteiger partial charge in [-0.25, -0.2) is 0 Å². The lowest BCUT2D eigenvalue weighted by Gasteiger charge is -2.38. The van der Waals surface area contributed by atoms with E-state index < -0.39 is 0 Å². The number of amides is 1. The van der Waals surface area contributed by atoms with Crippen molar-refractivity contribution in [1.29, 1.82) is 0 Å². The molecular formula is C15H29ClN2O3. The summed E-state index contributed by atoms with van der Waals surface area (Å²) in [6.45, 7) is 2.14. The molecule has 0 radical (unpaired) electrons. The van der Waals surface area contributed by atoms with Crippen molar-refractivity contribution < 1.29 is 14.3 Å². The molecule has 21 heavy (non-hydrogen) atoms. The van der Waals surface area contributed by atoms with Crippen molar-refractivity contribution in [3.8, 4) is 0 Å². The predicted molar refractivity (Wildman–Crippen MR) is 84.7 cm³/mol. The molecule has 1 amide bonds. The molecule has 2 heterocycles. The number of hydrogen-bond acceptors (Lipinski definition) is 4. The fourth-order valence-corrected chi connectivity index (χ4v) is 3.24. The number of hydrogen-bond donors (Lipinski definition) is 1. The average Bonchev–Trinajstić information content (AvgIpc) is 2.52. The fourth-order valence-electron chi connectivity index (χ4n) is 3.24. The van der Waals surface area contributed by atoms with Crippen LogP contribution >= 0.6 is 12.4 Å². The fraction of sp³-hybridized carbons (Fsp3) is 0.933. The quantitative estimate of drug-likeness (QED) is 0.837. The second-order valence-electron chi connectivity index (χ2n) is 5.89. The van der Waals surface area contributed by atoms with Gasteiger partial charge in [0.2, 0.25) is 5.91 Å². The van der Waals surface area contributed by atoms with Crippen LogP contribution in [-0.2, 0) is 14.3 Å². The Labute approximate surface area is 133 Å². The number of carbonyl (C=O) groups excluding carboxylic acids is 1. The van der Waals surface area contributed by atoms with Crippen molar-refractivity contribution in [2.24, 2.45) is 5.73 Å². The Morgan fingerprint density at radius 2 is 2.19 bits per heavy atom. The molecule has 2 rings (SSSR count). The molecule has 124 valence electrons. The minimum atomic E-state index is 0. The molecule has 0 aromatic rings. The molecule has 0 spiro atoms. The van der Waals surface area contributed by atoms with Crippen LogP contribution in [0.2, 0.25) is 0 Å². The highest BCUT2D eigenvalue weighted by atomic mass is 35.5. The highest BCUT2D eigenvalue weighted by molar-refractivity contribution is 5.85. The standard InChI is InChI=1S/C15H28N2O3.ClH/c1-19-14-7-8-17(12(10-14)11-16)15(18)6-5-13-4-2-3-9-20-13;/h12-14H,2-11,16H2,1H3;1H. The largest absolute Gasteiger partial charge is 0.381 e. The number of nitrogens with zero attached hydrogens (tertiary/aromatic N) is 1. The van der Waals surface area contributed by atoms with E-state index >= 15 is 0 Å². The third-order valence-corrected chi connectivity index (χ3v) is 4.55. The molecule has 5 nitrogen and oxygen atoms in total. The van der Waals surface area contributed by atoms with Crippen LogP contribution in [0.4, 0.5) is 0 Å². The van der Waals surface area contributed by atoms with E-state index in [0.717, 1.165) is 45.3 Å². The van der Waals surface area contributed by atoms with Crippen LogP contribution in [0.15, 0.2) is 0 Å². The van der Waals surface area contributed by atoms with Gasteiger partial charge in [0.25, 0.3) is 0 Å². The van der Waals surface area contributed by atoms with Crippen molar-refractivity contribution in [1.82, 2.24) is 4.90 Å². The van der Waals surface area contributed by atoms with E-state index in [2.05, 4.69) is 0 Å². The molecule has 2 saturated heterocycles. The Balaban J connectivity index is 0.00000220.